The molecule has 154 valence electrons. The van der Waals surface area contributed by atoms with Gasteiger partial charge in [-0.25, -0.2) is 0 Å². The first kappa shape index (κ1) is 20.5. The Hall–Kier alpha value is -2.78. The highest BCUT2D eigenvalue weighted by molar-refractivity contribution is 7.98. The van der Waals surface area contributed by atoms with E-state index >= 15 is 0 Å². The van der Waals surface area contributed by atoms with Crippen molar-refractivity contribution >= 4 is 29.0 Å². The van der Waals surface area contributed by atoms with Crippen LogP contribution in [0, 0.1) is 0 Å². The van der Waals surface area contributed by atoms with Crippen LogP contribution in [0.3, 0.4) is 0 Å². The molecule has 0 unspecified atom stereocenters. The highest BCUT2D eigenvalue weighted by atomic mass is 35.5. The standard InChI is InChI=1S/C20H14ClF3N4OS/c21-17-9-14(20(22,23)24)10-28-18(17)26-27-19(28)30-12-13-4-6-16(7-5-13)29-11-15-3-1-2-8-25-15/h1-10H,11-12H2. The van der Waals surface area contributed by atoms with Gasteiger partial charge in [0.05, 0.1) is 16.3 Å². The summed E-state index contributed by atoms with van der Waals surface area (Å²) in [5.74, 6) is 1.19. The fourth-order valence-electron chi connectivity index (χ4n) is 2.66. The van der Waals surface area contributed by atoms with Crippen molar-refractivity contribution in [2.24, 2.45) is 0 Å². The Bertz CT molecular complexity index is 1150. The van der Waals surface area contributed by atoms with Crippen LogP contribution in [0.15, 0.2) is 66.1 Å². The second-order valence-corrected chi connectivity index (χ2v) is 7.64. The number of nitrogens with zero attached hydrogens (tertiary/aromatic N) is 4. The zero-order chi connectivity index (χ0) is 21.1. The molecule has 1 aromatic carbocycles. The van der Waals surface area contributed by atoms with E-state index in [0.717, 1.165) is 23.5 Å². The van der Waals surface area contributed by atoms with Gasteiger partial charge in [-0.15, -0.1) is 10.2 Å². The van der Waals surface area contributed by atoms with Crippen molar-refractivity contribution in [1.82, 2.24) is 19.6 Å². The Morgan fingerprint density at radius 2 is 1.87 bits per heavy atom. The van der Waals surface area contributed by atoms with Gasteiger partial charge in [0, 0.05) is 18.1 Å². The van der Waals surface area contributed by atoms with Gasteiger partial charge < -0.3 is 4.74 Å². The van der Waals surface area contributed by atoms with Crippen molar-refractivity contribution in [2.45, 2.75) is 23.7 Å². The molecule has 0 saturated carbocycles. The van der Waals surface area contributed by atoms with Gasteiger partial charge in [0.25, 0.3) is 0 Å². The molecular weight excluding hydrogens is 437 g/mol. The lowest BCUT2D eigenvalue weighted by Crippen LogP contribution is -2.07. The topological polar surface area (TPSA) is 52.3 Å². The van der Waals surface area contributed by atoms with Crippen LogP contribution in [0.4, 0.5) is 13.2 Å². The molecule has 10 heteroatoms. The molecule has 3 heterocycles. The van der Waals surface area contributed by atoms with Crippen LogP contribution in [0.5, 0.6) is 5.75 Å². The summed E-state index contributed by atoms with van der Waals surface area (Å²) in [5, 5.41) is 8.08. The molecule has 0 N–H and O–H groups in total. The normalized spacial score (nSPS) is 11.7. The summed E-state index contributed by atoms with van der Waals surface area (Å²) in [5.41, 5.74) is 1.12. The number of thioether (sulfide) groups is 1. The maximum atomic E-state index is 13.1. The van der Waals surface area contributed by atoms with Gasteiger partial charge in [-0.3, -0.25) is 9.38 Å². The lowest BCUT2D eigenvalue weighted by molar-refractivity contribution is -0.137. The number of rotatable bonds is 6. The number of fused-ring (bicyclic) bond motifs is 1. The molecule has 0 atom stereocenters. The first-order valence-corrected chi connectivity index (χ1v) is 10.1. The molecule has 30 heavy (non-hydrogen) atoms. The van der Waals surface area contributed by atoms with Crippen LogP contribution in [0.2, 0.25) is 5.02 Å². The Morgan fingerprint density at radius 1 is 1.07 bits per heavy atom. The third-order valence-electron chi connectivity index (χ3n) is 4.16. The van der Waals surface area contributed by atoms with Crippen LogP contribution in [0.25, 0.3) is 5.65 Å². The molecule has 0 bridgehead atoms. The number of ether oxygens (including phenoxy) is 1. The van der Waals surface area contributed by atoms with Crippen LogP contribution in [-0.4, -0.2) is 19.6 Å². The average molecular weight is 451 g/mol. The van der Waals surface area contributed by atoms with Crippen molar-refractivity contribution in [2.75, 3.05) is 0 Å². The van der Waals surface area contributed by atoms with Crippen molar-refractivity contribution in [1.29, 1.82) is 0 Å². The SMILES string of the molecule is FC(F)(F)c1cc(Cl)c2nnc(SCc3ccc(OCc4ccccn4)cc3)n2c1. The van der Waals surface area contributed by atoms with E-state index in [4.69, 9.17) is 16.3 Å². The lowest BCUT2D eigenvalue weighted by Gasteiger charge is -2.09. The van der Waals surface area contributed by atoms with Crippen LogP contribution < -0.4 is 4.74 Å². The zero-order valence-corrected chi connectivity index (χ0v) is 16.9. The fourth-order valence-corrected chi connectivity index (χ4v) is 3.77. The van der Waals surface area contributed by atoms with E-state index in [9.17, 15) is 13.2 Å². The zero-order valence-electron chi connectivity index (χ0n) is 15.3. The number of hydrogen-bond acceptors (Lipinski definition) is 5. The van der Waals surface area contributed by atoms with E-state index in [1.165, 1.54) is 16.2 Å². The predicted molar refractivity (Wildman–Crippen MR) is 108 cm³/mol. The molecule has 0 saturated heterocycles. The Morgan fingerprint density at radius 3 is 2.57 bits per heavy atom. The number of halogens is 4. The first-order valence-electron chi connectivity index (χ1n) is 8.76. The predicted octanol–water partition coefficient (Wildman–Crippen LogP) is 5.67. The molecular formula is C20H14ClF3N4OS. The van der Waals surface area contributed by atoms with E-state index in [-0.39, 0.29) is 10.7 Å². The number of alkyl halides is 3. The maximum Gasteiger partial charge on any atom is 0.417 e. The Kier molecular flexibility index (Phi) is 5.83. The van der Waals surface area contributed by atoms with Crippen molar-refractivity contribution < 1.29 is 17.9 Å². The summed E-state index contributed by atoms with van der Waals surface area (Å²) in [6.45, 7) is 0.364. The summed E-state index contributed by atoms with van der Waals surface area (Å²) >= 11 is 7.21. The van der Waals surface area contributed by atoms with Crippen LogP contribution in [-0.2, 0) is 18.5 Å². The maximum absolute atomic E-state index is 13.1. The lowest BCUT2D eigenvalue weighted by atomic mass is 10.2. The van der Waals surface area contributed by atoms with E-state index in [2.05, 4.69) is 15.2 Å². The molecule has 0 aliphatic carbocycles. The summed E-state index contributed by atoms with van der Waals surface area (Å²) in [6, 6.07) is 13.9. The molecule has 0 fully saturated rings. The minimum absolute atomic E-state index is 0.0985. The average Bonchev–Trinajstić information content (AvgIpc) is 3.15. The second-order valence-electron chi connectivity index (χ2n) is 6.29. The number of aromatic nitrogens is 4. The molecule has 3 aromatic heterocycles. The molecule has 0 radical (unpaired) electrons. The Balaban J connectivity index is 1.43. The van der Waals surface area contributed by atoms with E-state index in [1.54, 1.807) is 6.20 Å². The fraction of sp³-hybridized carbons (Fsp3) is 0.150. The molecule has 0 aliphatic rings. The van der Waals surface area contributed by atoms with E-state index in [0.29, 0.717) is 23.3 Å². The minimum Gasteiger partial charge on any atom is -0.487 e. The number of hydrogen-bond donors (Lipinski definition) is 0. The highest BCUT2D eigenvalue weighted by Gasteiger charge is 2.32. The third kappa shape index (κ3) is 4.68. The monoisotopic (exact) mass is 450 g/mol. The van der Waals surface area contributed by atoms with Gasteiger partial charge in [-0.1, -0.05) is 41.6 Å². The van der Waals surface area contributed by atoms with Crippen molar-refractivity contribution in [3.8, 4) is 5.75 Å². The van der Waals surface area contributed by atoms with E-state index < -0.39 is 11.7 Å². The summed E-state index contributed by atoms with van der Waals surface area (Å²) in [4.78, 5) is 4.20. The smallest absolute Gasteiger partial charge is 0.417 e. The second kappa shape index (κ2) is 8.53. The quantitative estimate of drug-likeness (QED) is 0.354. The molecule has 5 nitrogen and oxygen atoms in total. The Labute approximate surface area is 178 Å². The van der Waals surface area contributed by atoms with Crippen molar-refractivity contribution in [3.05, 3.63) is 82.8 Å². The molecule has 0 spiro atoms. The first-order chi connectivity index (χ1) is 14.4. The number of pyridine rings is 2. The number of benzene rings is 1. The highest BCUT2D eigenvalue weighted by Crippen LogP contribution is 2.33. The van der Waals surface area contributed by atoms with Crippen LogP contribution >= 0.6 is 23.4 Å². The molecule has 4 aromatic rings. The van der Waals surface area contributed by atoms with Gasteiger partial charge >= 0.3 is 6.18 Å². The third-order valence-corrected chi connectivity index (χ3v) is 5.45. The summed E-state index contributed by atoms with van der Waals surface area (Å²) < 4.78 is 46.1. The molecule has 0 amide bonds. The molecule has 4 rings (SSSR count). The summed E-state index contributed by atoms with van der Waals surface area (Å²) in [6.07, 6.45) is -1.84. The summed E-state index contributed by atoms with van der Waals surface area (Å²) in [7, 11) is 0. The van der Waals surface area contributed by atoms with Crippen LogP contribution in [0.1, 0.15) is 16.8 Å². The van der Waals surface area contributed by atoms with E-state index in [1.807, 2.05) is 42.5 Å². The van der Waals surface area contributed by atoms with Gasteiger partial charge in [0.2, 0.25) is 0 Å². The van der Waals surface area contributed by atoms with Gasteiger partial charge in [-0.2, -0.15) is 13.2 Å². The van der Waals surface area contributed by atoms with Crippen molar-refractivity contribution in [3.63, 3.8) is 0 Å². The molecule has 0 aliphatic heterocycles. The van der Waals surface area contributed by atoms with Gasteiger partial charge in [0.15, 0.2) is 10.8 Å². The largest absolute Gasteiger partial charge is 0.487 e. The van der Waals surface area contributed by atoms with Gasteiger partial charge in [-0.05, 0) is 35.9 Å². The minimum atomic E-state index is -4.50. The van der Waals surface area contributed by atoms with Gasteiger partial charge in [0.1, 0.15) is 12.4 Å².